The molecule has 6 atom stereocenters. The first-order valence-corrected chi connectivity index (χ1v) is 20.9. The fourth-order valence-corrected chi connectivity index (χ4v) is 8.57. The topological polar surface area (TPSA) is 205 Å². The maximum absolute atomic E-state index is 16.2. The largest absolute Gasteiger partial charge is 0.453 e. The van der Waals surface area contributed by atoms with Gasteiger partial charge in [0.25, 0.3) is 5.91 Å². The highest BCUT2D eigenvalue weighted by molar-refractivity contribution is 6.01. The molecule has 2 aliphatic rings. The van der Waals surface area contributed by atoms with Gasteiger partial charge < -0.3 is 44.3 Å². The molecule has 0 unspecified atom stereocenters. The van der Waals surface area contributed by atoms with E-state index in [2.05, 4.69) is 30.6 Å². The summed E-state index contributed by atoms with van der Waals surface area (Å²) >= 11 is 0. The molecule has 0 spiro atoms. The Hall–Kier alpha value is -6.92. The van der Waals surface area contributed by atoms with Crippen molar-refractivity contribution in [3.63, 3.8) is 0 Å². The fourth-order valence-electron chi connectivity index (χ4n) is 8.57. The van der Waals surface area contributed by atoms with Crippen LogP contribution in [0.25, 0.3) is 55.2 Å². The van der Waals surface area contributed by atoms with E-state index in [1.54, 1.807) is 70.2 Å². The predicted molar refractivity (Wildman–Crippen MR) is 229 cm³/mol. The minimum atomic E-state index is -1.34. The van der Waals surface area contributed by atoms with Crippen molar-refractivity contribution in [3.05, 3.63) is 82.5 Å². The number of halogens is 3. The van der Waals surface area contributed by atoms with Crippen LogP contribution < -0.4 is 16.1 Å². The van der Waals surface area contributed by atoms with Crippen molar-refractivity contribution in [1.29, 1.82) is 0 Å². The lowest BCUT2D eigenvalue weighted by Crippen LogP contribution is -2.51. The Balaban J connectivity index is 1.08. The lowest BCUT2D eigenvalue weighted by atomic mass is 10.0. The normalized spacial score (nSPS) is 19.8. The number of imidazole rings is 2. The molecule has 0 aliphatic carbocycles. The second-order valence-electron chi connectivity index (χ2n) is 16.9. The summed E-state index contributed by atoms with van der Waals surface area (Å²) in [7, 11) is 2.57. The summed E-state index contributed by atoms with van der Waals surface area (Å²) in [5, 5.41) is 5.61. The van der Waals surface area contributed by atoms with Gasteiger partial charge in [-0.15, -0.1) is 0 Å². The highest BCUT2D eigenvalue weighted by Crippen LogP contribution is 2.38. The zero-order valence-electron chi connectivity index (χ0n) is 35.8. The molecule has 8 rings (SSSR count). The first-order valence-electron chi connectivity index (χ1n) is 20.9. The molecule has 64 heavy (non-hydrogen) atoms. The van der Waals surface area contributed by atoms with Gasteiger partial charge in [0.05, 0.1) is 66.8 Å². The Labute approximate surface area is 363 Å². The Morgan fingerprint density at radius 3 is 1.97 bits per heavy atom. The van der Waals surface area contributed by atoms with Crippen molar-refractivity contribution in [1.82, 2.24) is 40.4 Å². The van der Waals surface area contributed by atoms with Gasteiger partial charge >= 0.3 is 12.2 Å². The third-order valence-corrected chi connectivity index (χ3v) is 11.9. The summed E-state index contributed by atoms with van der Waals surface area (Å²) in [6, 6.07) is 8.75. The van der Waals surface area contributed by atoms with Gasteiger partial charge in [0.1, 0.15) is 35.6 Å². The standard InChI is InChI=1S/C45H47F3N8O8/c1-20(2)36(54-45(61)62-6)42(58)55-18-25(46)14-32(55)40-50-16-30(52-40)22-7-9-27-24(11-22)13-29-37(57)28-12-23(8-10-34(28)63-39(29)35(27)48)31-17-51-41(53-31)33-15-26(47)19-56(33)43(59)38(21(3)4)64-44(60)49-5/h7-13,16-17,20-21,25-26,32-33,36,38H,14-15,18-19H2,1-6H3,(H,49,60)(H,50,52)(H,51,53)(H,54,61)/t25-,26-,32+,33+,36+,38+/m1/s1. The first kappa shape index (κ1) is 43.7. The number of aromatic amines is 2. The number of ether oxygens (including phenoxy) is 2. The molecule has 2 aliphatic heterocycles. The molecule has 3 aromatic heterocycles. The molecule has 0 saturated carbocycles. The zero-order chi connectivity index (χ0) is 45.7. The number of nitrogens with zero attached hydrogens (tertiary/aromatic N) is 4. The predicted octanol–water partition coefficient (Wildman–Crippen LogP) is 7.00. The van der Waals surface area contributed by atoms with Crippen LogP contribution in [0.15, 0.2) is 64.1 Å². The average molecular weight is 885 g/mol. The molecule has 2 saturated heterocycles. The van der Waals surface area contributed by atoms with Crippen LogP contribution in [0.4, 0.5) is 22.8 Å². The quantitative estimate of drug-likeness (QED) is 0.104. The van der Waals surface area contributed by atoms with E-state index in [0.717, 1.165) is 0 Å². The zero-order valence-corrected chi connectivity index (χ0v) is 35.8. The Bertz CT molecular complexity index is 2860. The lowest BCUT2D eigenvalue weighted by molar-refractivity contribution is -0.144. The molecule has 16 nitrogen and oxygen atoms in total. The number of carbonyl (C=O) groups is 4. The van der Waals surface area contributed by atoms with Gasteiger partial charge in [0, 0.05) is 36.4 Å². The van der Waals surface area contributed by atoms with Crippen molar-refractivity contribution >= 4 is 56.7 Å². The van der Waals surface area contributed by atoms with Crippen molar-refractivity contribution in [2.24, 2.45) is 11.8 Å². The van der Waals surface area contributed by atoms with Crippen LogP contribution in [0.3, 0.4) is 0 Å². The molecule has 0 bridgehead atoms. The van der Waals surface area contributed by atoms with Crippen molar-refractivity contribution in [3.8, 4) is 22.5 Å². The number of aromatic nitrogens is 4. The molecule has 2 fully saturated rings. The number of alkyl carbamates (subject to hydrolysis) is 2. The van der Waals surface area contributed by atoms with Crippen LogP contribution >= 0.6 is 0 Å². The summed E-state index contributed by atoms with van der Waals surface area (Å²) in [4.78, 5) is 83.4. The number of rotatable bonds is 10. The maximum Gasteiger partial charge on any atom is 0.407 e. The number of hydrogen-bond donors (Lipinski definition) is 4. The fraction of sp³-hybridized carbons (Fsp3) is 0.400. The van der Waals surface area contributed by atoms with Crippen LogP contribution in [0.2, 0.25) is 0 Å². The molecule has 3 aromatic carbocycles. The molecule has 336 valence electrons. The third kappa shape index (κ3) is 8.09. The van der Waals surface area contributed by atoms with Gasteiger partial charge in [0.2, 0.25) is 11.3 Å². The smallest absolute Gasteiger partial charge is 0.407 e. The van der Waals surface area contributed by atoms with E-state index in [0.29, 0.717) is 39.5 Å². The number of hydrogen-bond acceptors (Lipinski definition) is 10. The van der Waals surface area contributed by atoms with Crippen LogP contribution in [0, 0.1) is 17.7 Å². The number of methoxy groups -OCH3 is 1. The monoisotopic (exact) mass is 884 g/mol. The number of nitrogens with one attached hydrogen (secondary N) is 4. The summed E-state index contributed by atoms with van der Waals surface area (Å²) in [6.45, 7) is 6.56. The van der Waals surface area contributed by atoms with Crippen molar-refractivity contribution in [2.45, 2.75) is 77.1 Å². The maximum atomic E-state index is 16.2. The lowest BCUT2D eigenvalue weighted by Gasteiger charge is -2.29. The van der Waals surface area contributed by atoms with E-state index in [1.807, 2.05) is 0 Å². The molecule has 5 heterocycles. The summed E-state index contributed by atoms with van der Waals surface area (Å²) < 4.78 is 62.1. The van der Waals surface area contributed by atoms with Crippen LogP contribution in [-0.4, -0.2) is 105 Å². The van der Waals surface area contributed by atoms with Gasteiger partial charge in [0.15, 0.2) is 17.5 Å². The minimum absolute atomic E-state index is 0.00968. The Morgan fingerprint density at radius 2 is 1.39 bits per heavy atom. The summed E-state index contributed by atoms with van der Waals surface area (Å²) in [6.07, 6.45) is -2.39. The Kier molecular flexibility index (Phi) is 11.8. The van der Waals surface area contributed by atoms with Gasteiger partial charge in [-0.2, -0.15) is 0 Å². The number of alkyl halides is 2. The van der Waals surface area contributed by atoms with Gasteiger partial charge in [-0.3, -0.25) is 14.4 Å². The van der Waals surface area contributed by atoms with Crippen LogP contribution in [-0.2, 0) is 19.1 Å². The average Bonchev–Trinajstić information content (AvgIpc) is 4.11. The van der Waals surface area contributed by atoms with Crippen molar-refractivity contribution in [2.75, 3.05) is 27.2 Å². The summed E-state index contributed by atoms with van der Waals surface area (Å²) in [5.41, 5.74) is 1.48. The number of benzene rings is 3. The Morgan fingerprint density at radius 1 is 0.797 bits per heavy atom. The molecule has 0 radical (unpaired) electrons. The summed E-state index contributed by atoms with van der Waals surface area (Å²) in [5.74, 6) is -1.83. The molecular formula is C45H47F3N8O8. The second kappa shape index (κ2) is 17.3. The highest BCUT2D eigenvalue weighted by Gasteiger charge is 2.43. The van der Waals surface area contributed by atoms with E-state index in [-0.39, 0.29) is 65.1 Å². The van der Waals surface area contributed by atoms with Gasteiger partial charge in [-0.1, -0.05) is 39.8 Å². The van der Waals surface area contributed by atoms with E-state index in [4.69, 9.17) is 13.9 Å². The van der Waals surface area contributed by atoms with E-state index >= 15 is 4.39 Å². The number of H-pyrrole nitrogens is 2. The van der Waals surface area contributed by atoms with Crippen LogP contribution in [0.5, 0.6) is 0 Å². The van der Waals surface area contributed by atoms with Gasteiger partial charge in [-0.25, -0.2) is 32.7 Å². The van der Waals surface area contributed by atoms with Gasteiger partial charge in [-0.05, 0) is 47.6 Å². The van der Waals surface area contributed by atoms with E-state index in [1.165, 1.54) is 36.4 Å². The molecule has 6 aromatic rings. The number of likely N-dealkylation sites (tertiary alicyclic amines) is 2. The molecular weight excluding hydrogens is 838 g/mol. The number of fused-ring (bicyclic) bond motifs is 3. The molecule has 19 heteroatoms. The second-order valence-corrected chi connectivity index (χ2v) is 16.9. The number of carbonyl (C=O) groups excluding carboxylic acids is 4. The molecule has 4 N–H and O–H groups in total. The third-order valence-electron chi connectivity index (χ3n) is 11.9. The SMILES string of the molecule is CNC(=O)O[C@H](C(=O)N1C[C@H](F)C[C@H]1c1ncc(-c2ccc3oc4c(F)c5ccc(-c6cnc([C@@H]7C[C@@H](F)CN7C(=O)[C@@H](NC(=O)OC)C(C)C)[nH]6)cc5cc4c(=O)c3c2)[nH]1)C(C)C. The van der Waals surface area contributed by atoms with Crippen LogP contribution in [0.1, 0.15) is 64.3 Å². The first-order chi connectivity index (χ1) is 30.6. The number of amides is 4. The highest BCUT2D eigenvalue weighted by atomic mass is 19.1. The van der Waals surface area contributed by atoms with Crippen molar-refractivity contribution < 1.29 is 46.2 Å². The molecule has 4 amide bonds. The van der Waals surface area contributed by atoms with E-state index < -0.39 is 71.8 Å². The van der Waals surface area contributed by atoms with E-state index in [9.17, 15) is 32.8 Å². The minimum Gasteiger partial charge on any atom is -0.453 e.